The van der Waals surface area contributed by atoms with Crippen LogP contribution in [0.1, 0.15) is 32.6 Å². The van der Waals surface area contributed by atoms with Gasteiger partial charge in [-0.3, -0.25) is 4.99 Å². The third-order valence-electron chi connectivity index (χ3n) is 2.42. The van der Waals surface area contributed by atoms with Crippen LogP contribution in [0.5, 0.6) is 0 Å². The molecule has 0 aromatic heterocycles. The Bertz CT molecular complexity index is 197. The molecule has 0 bridgehead atoms. The van der Waals surface area contributed by atoms with Gasteiger partial charge in [0, 0.05) is 32.1 Å². The van der Waals surface area contributed by atoms with Gasteiger partial charge in [-0.15, -0.1) is 0 Å². The van der Waals surface area contributed by atoms with Gasteiger partial charge in [0.05, 0.1) is 0 Å². The lowest BCUT2D eigenvalue weighted by molar-refractivity contribution is 0.192. The molecule has 1 atom stereocenters. The molecule has 0 aromatic carbocycles. The van der Waals surface area contributed by atoms with Gasteiger partial charge in [0.25, 0.3) is 0 Å². The number of rotatable bonds is 6. The summed E-state index contributed by atoms with van der Waals surface area (Å²) in [4.78, 5) is 4.56. The van der Waals surface area contributed by atoms with Crippen LogP contribution in [0.25, 0.3) is 0 Å². The maximum atomic E-state index is 5.00. The average Bonchev–Trinajstić information content (AvgIpc) is 2.23. The molecule has 0 aliphatic carbocycles. The minimum absolute atomic E-state index is 0.596. The molecule has 0 amide bonds. The third-order valence-corrected chi connectivity index (χ3v) is 3.38. The lowest BCUT2D eigenvalue weighted by Gasteiger charge is -2.21. The number of hydrogen-bond acceptors (Lipinski definition) is 3. The Balaban J connectivity index is 2.04. The van der Waals surface area contributed by atoms with E-state index < -0.39 is 0 Å². The van der Waals surface area contributed by atoms with Crippen molar-refractivity contribution in [3.05, 3.63) is 0 Å². The first-order valence-electron chi connectivity index (χ1n) is 5.75. The van der Waals surface area contributed by atoms with Crippen molar-refractivity contribution in [2.45, 2.75) is 38.6 Å². The Morgan fingerprint density at radius 3 is 3.07 bits per heavy atom. The van der Waals surface area contributed by atoms with Crippen LogP contribution >= 0.6 is 11.8 Å². The highest BCUT2D eigenvalue weighted by molar-refractivity contribution is 8.13. The van der Waals surface area contributed by atoms with E-state index in [1.165, 1.54) is 25.0 Å². The van der Waals surface area contributed by atoms with E-state index in [-0.39, 0.29) is 0 Å². The van der Waals surface area contributed by atoms with Gasteiger partial charge in [0.15, 0.2) is 5.17 Å². The molecule has 3 nitrogen and oxygen atoms in total. The molecule has 1 fully saturated rings. The lowest BCUT2D eigenvalue weighted by Crippen LogP contribution is -2.35. The van der Waals surface area contributed by atoms with E-state index in [9.17, 15) is 0 Å². The second-order valence-electron chi connectivity index (χ2n) is 3.92. The van der Waals surface area contributed by atoms with Crippen LogP contribution < -0.4 is 5.32 Å². The van der Waals surface area contributed by atoms with E-state index in [4.69, 9.17) is 4.74 Å². The van der Waals surface area contributed by atoms with Crippen LogP contribution in [-0.2, 0) is 4.74 Å². The van der Waals surface area contributed by atoms with E-state index in [0.717, 1.165) is 24.7 Å². The summed E-state index contributed by atoms with van der Waals surface area (Å²) >= 11 is 1.85. The molecule has 0 aromatic rings. The molecular formula is C11H22N2OS. The molecule has 88 valence electrons. The van der Waals surface area contributed by atoms with E-state index in [1.54, 1.807) is 7.11 Å². The van der Waals surface area contributed by atoms with Gasteiger partial charge in [-0.05, 0) is 32.6 Å². The third kappa shape index (κ3) is 6.05. The van der Waals surface area contributed by atoms with Crippen LogP contribution in [0.2, 0.25) is 0 Å². The Kier molecular flexibility index (Phi) is 6.85. The number of ether oxygens (including phenoxy) is 1. The number of amidine groups is 1. The second kappa shape index (κ2) is 7.99. The van der Waals surface area contributed by atoms with E-state index >= 15 is 0 Å². The van der Waals surface area contributed by atoms with Crippen molar-refractivity contribution in [1.82, 2.24) is 5.32 Å². The maximum absolute atomic E-state index is 5.00. The summed E-state index contributed by atoms with van der Waals surface area (Å²) in [5, 5.41) is 4.55. The summed E-state index contributed by atoms with van der Waals surface area (Å²) in [6.45, 7) is 4.04. The molecule has 1 saturated heterocycles. The highest BCUT2D eigenvalue weighted by atomic mass is 32.2. The molecule has 0 radical (unpaired) electrons. The summed E-state index contributed by atoms with van der Waals surface area (Å²) in [6, 6.07) is 0.596. The van der Waals surface area contributed by atoms with Gasteiger partial charge in [-0.1, -0.05) is 11.8 Å². The minimum atomic E-state index is 0.596. The Morgan fingerprint density at radius 1 is 1.47 bits per heavy atom. The van der Waals surface area contributed by atoms with Gasteiger partial charge in [-0.2, -0.15) is 0 Å². The lowest BCUT2D eigenvalue weighted by atomic mass is 10.2. The zero-order chi connectivity index (χ0) is 10.9. The van der Waals surface area contributed by atoms with Crippen LogP contribution in [0.4, 0.5) is 0 Å². The Labute approximate surface area is 97.1 Å². The normalized spacial score (nSPS) is 24.1. The molecular weight excluding hydrogens is 208 g/mol. The summed E-state index contributed by atoms with van der Waals surface area (Å²) < 4.78 is 5.00. The van der Waals surface area contributed by atoms with Crippen molar-refractivity contribution in [1.29, 1.82) is 0 Å². The summed E-state index contributed by atoms with van der Waals surface area (Å²) in [7, 11) is 1.75. The molecule has 1 aliphatic heterocycles. The van der Waals surface area contributed by atoms with Crippen molar-refractivity contribution in [3.63, 3.8) is 0 Å². The fraction of sp³-hybridized carbons (Fsp3) is 0.909. The summed E-state index contributed by atoms with van der Waals surface area (Å²) in [5.41, 5.74) is 0. The zero-order valence-electron chi connectivity index (χ0n) is 9.79. The number of hydrogen-bond donors (Lipinski definition) is 1. The first-order chi connectivity index (χ1) is 7.33. The number of unbranched alkanes of at least 4 members (excludes halogenated alkanes) is 2. The van der Waals surface area contributed by atoms with Gasteiger partial charge >= 0.3 is 0 Å². The molecule has 1 rings (SSSR count). The highest BCUT2D eigenvalue weighted by Gasteiger charge is 2.11. The van der Waals surface area contributed by atoms with Crippen LogP contribution in [0, 0.1) is 0 Å². The van der Waals surface area contributed by atoms with Crippen LogP contribution in [0.15, 0.2) is 4.99 Å². The van der Waals surface area contributed by atoms with Crippen molar-refractivity contribution >= 4 is 16.9 Å². The van der Waals surface area contributed by atoms with Crippen molar-refractivity contribution in [3.8, 4) is 0 Å². The molecule has 0 spiro atoms. The predicted molar refractivity (Wildman–Crippen MR) is 67.7 cm³/mol. The largest absolute Gasteiger partial charge is 0.385 e. The Morgan fingerprint density at radius 2 is 2.33 bits per heavy atom. The molecule has 1 heterocycles. The number of aliphatic imine (C=N–C) groups is 1. The van der Waals surface area contributed by atoms with Crippen molar-refractivity contribution in [2.24, 2.45) is 4.99 Å². The van der Waals surface area contributed by atoms with Gasteiger partial charge in [-0.25, -0.2) is 0 Å². The smallest absolute Gasteiger partial charge is 0.156 e. The van der Waals surface area contributed by atoms with E-state index in [1.807, 2.05) is 11.8 Å². The average molecular weight is 230 g/mol. The quantitative estimate of drug-likeness (QED) is 0.711. The van der Waals surface area contributed by atoms with Gasteiger partial charge < -0.3 is 10.1 Å². The minimum Gasteiger partial charge on any atom is -0.385 e. The monoisotopic (exact) mass is 230 g/mol. The maximum Gasteiger partial charge on any atom is 0.156 e. The van der Waals surface area contributed by atoms with Crippen molar-refractivity contribution in [2.75, 3.05) is 26.0 Å². The highest BCUT2D eigenvalue weighted by Crippen LogP contribution is 2.13. The molecule has 4 heteroatoms. The van der Waals surface area contributed by atoms with Crippen LogP contribution in [0.3, 0.4) is 0 Å². The predicted octanol–water partition coefficient (Wildman–Crippen LogP) is 2.27. The zero-order valence-corrected chi connectivity index (χ0v) is 10.6. The number of nitrogens with one attached hydrogen (secondary N) is 1. The molecule has 1 unspecified atom stereocenters. The molecule has 1 N–H and O–H groups in total. The number of methoxy groups -OCH3 is 1. The van der Waals surface area contributed by atoms with Crippen molar-refractivity contribution < 1.29 is 4.74 Å². The first-order valence-corrected chi connectivity index (χ1v) is 6.74. The first kappa shape index (κ1) is 12.8. The molecule has 15 heavy (non-hydrogen) atoms. The summed E-state index contributed by atoms with van der Waals surface area (Å²) in [5.74, 6) is 1.21. The Hall–Kier alpha value is -0.220. The van der Waals surface area contributed by atoms with E-state index in [2.05, 4.69) is 17.2 Å². The fourth-order valence-electron chi connectivity index (χ4n) is 1.46. The summed E-state index contributed by atoms with van der Waals surface area (Å²) in [6.07, 6.45) is 4.78. The second-order valence-corrected chi connectivity index (χ2v) is 5.01. The fourth-order valence-corrected chi connectivity index (χ4v) is 2.60. The van der Waals surface area contributed by atoms with E-state index in [0.29, 0.717) is 6.04 Å². The van der Waals surface area contributed by atoms with Gasteiger partial charge in [0.2, 0.25) is 0 Å². The molecule has 1 aliphatic rings. The molecule has 0 saturated carbocycles. The van der Waals surface area contributed by atoms with Crippen LogP contribution in [-0.4, -0.2) is 37.2 Å². The van der Waals surface area contributed by atoms with Gasteiger partial charge in [0.1, 0.15) is 0 Å². The SMILES string of the molecule is COCCCCCN=C1NC(C)CCS1. The standard InChI is InChI=1S/C11H22N2OS/c1-10-6-9-15-11(13-10)12-7-4-3-5-8-14-2/h10H,3-9H2,1-2H3,(H,12,13). The number of thioether (sulfide) groups is 1. The topological polar surface area (TPSA) is 33.6 Å². The number of nitrogens with zero attached hydrogens (tertiary/aromatic N) is 1.